The van der Waals surface area contributed by atoms with Crippen molar-refractivity contribution in [2.45, 2.75) is 13.0 Å². The van der Waals surface area contributed by atoms with Gasteiger partial charge in [0.1, 0.15) is 30.0 Å². The van der Waals surface area contributed by atoms with Crippen LogP contribution in [-0.4, -0.2) is 17.7 Å². The van der Waals surface area contributed by atoms with E-state index in [0.717, 1.165) is 11.5 Å². The first-order chi connectivity index (χ1) is 12.2. The molecule has 2 aromatic carbocycles. The van der Waals surface area contributed by atoms with Crippen LogP contribution in [0.1, 0.15) is 6.92 Å². The van der Waals surface area contributed by atoms with Crippen LogP contribution in [0.3, 0.4) is 0 Å². The molecule has 1 unspecified atom stereocenters. The Morgan fingerprint density at radius 1 is 0.840 bits per heavy atom. The lowest BCUT2D eigenvalue weighted by Gasteiger charge is -2.15. The average molecular weight is 339 g/mol. The van der Waals surface area contributed by atoms with E-state index in [2.05, 4.69) is 4.98 Å². The van der Waals surface area contributed by atoms with E-state index in [1.165, 1.54) is 6.07 Å². The number of para-hydroxylation sites is 1. The Labute approximate surface area is 145 Å². The molecule has 0 spiro atoms. The number of nitrogens with zero attached hydrogens (tertiary/aromatic N) is 1. The summed E-state index contributed by atoms with van der Waals surface area (Å²) in [6.07, 6.45) is -0.269. The summed E-state index contributed by atoms with van der Waals surface area (Å²) in [5.41, 5.74) is 0. The summed E-state index contributed by atoms with van der Waals surface area (Å²) in [5.74, 6) is 1.87. The molecule has 0 amide bonds. The molecule has 3 rings (SSSR count). The summed E-state index contributed by atoms with van der Waals surface area (Å²) >= 11 is 0. The maximum absolute atomic E-state index is 13.0. The van der Waals surface area contributed by atoms with E-state index in [0.29, 0.717) is 12.4 Å². The third kappa shape index (κ3) is 5.21. The summed E-state index contributed by atoms with van der Waals surface area (Å²) in [7, 11) is 0. The zero-order chi connectivity index (χ0) is 17.5. The van der Waals surface area contributed by atoms with Gasteiger partial charge in [-0.05, 0) is 49.4 Å². The number of hydrogen-bond acceptors (Lipinski definition) is 4. The molecule has 128 valence electrons. The second kappa shape index (κ2) is 8.15. The van der Waals surface area contributed by atoms with Gasteiger partial charge in [-0.15, -0.1) is 0 Å². The summed E-state index contributed by atoms with van der Waals surface area (Å²) in [6, 6.07) is 21.3. The molecule has 0 aliphatic rings. The number of ether oxygens (including phenoxy) is 3. The minimum absolute atomic E-state index is 0.239. The average Bonchev–Trinajstić information content (AvgIpc) is 2.62. The first-order valence-electron chi connectivity index (χ1n) is 7.94. The van der Waals surface area contributed by atoms with Gasteiger partial charge in [-0.2, -0.15) is 9.37 Å². The quantitative estimate of drug-likeness (QED) is 0.577. The summed E-state index contributed by atoms with van der Waals surface area (Å²) in [5, 5.41) is 0. The van der Waals surface area contributed by atoms with Crippen molar-refractivity contribution in [2.24, 2.45) is 0 Å². The van der Waals surface area contributed by atoms with Gasteiger partial charge in [0.05, 0.1) is 0 Å². The van der Waals surface area contributed by atoms with Crippen molar-refractivity contribution in [2.75, 3.05) is 6.61 Å². The van der Waals surface area contributed by atoms with Crippen LogP contribution in [0, 0.1) is 5.95 Å². The number of pyridine rings is 1. The molecule has 0 saturated heterocycles. The monoisotopic (exact) mass is 339 g/mol. The summed E-state index contributed by atoms with van der Waals surface area (Å²) < 4.78 is 29.9. The van der Waals surface area contributed by atoms with Crippen LogP contribution in [0.5, 0.6) is 23.1 Å². The van der Waals surface area contributed by atoms with E-state index in [4.69, 9.17) is 14.2 Å². The Morgan fingerprint density at radius 2 is 1.52 bits per heavy atom. The maximum Gasteiger partial charge on any atom is 0.216 e. The van der Waals surface area contributed by atoms with E-state index >= 15 is 0 Å². The van der Waals surface area contributed by atoms with Crippen LogP contribution in [-0.2, 0) is 0 Å². The normalized spacial score (nSPS) is 11.6. The minimum Gasteiger partial charge on any atom is -0.490 e. The molecular weight excluding hydrogens is 321 g/mol. The van der Waals surface area contributed by atoms with Gasteiger partial charge in [0.2, 0.25) is 11.8 Å². The highest BCUT2D eigenvalue weighted by Crippen LogP contribution is 2.23. The molecule has 0 aliphatic heterocycles. The fourth-order valence-electron chi connectivity index (χ4n) is 2.14. The summed E-state index contributed by atoms with van der Waals surface area (Å²) in [4.78, 5) is 3.66. The third-order valence-electron chi connectivity index (χ3n) is 3.30. The highest BCUT2D eigenvalue weighted by molar-refractivity contribution is 5.35. The van der Waals surface area contributed by atoms with Gasteiger partial charge in [-0.3, -0.25) is 0 Å². The largest absolute Gasteiger partial charge is 0.490 e. The molecule has 0 fully saturated rings. The molecular formula is C20H18FNO3. The lowest BCUT2D eigenvalue weighted by Crippen LogP contribution is -2.21. The van der Waals surface area contributed by atoms with Gasteiger partial charge in [0.25, 0.3) is 0 Å². The Bertz CT molecular complexity index is 794. The molecule has 25 heavy (non-hydrogen) atoms. The highest BCUT2D eigenvalue weighted by Gasteiger charge is 2.07. The Morgan fingerprint density at radius 3 is 2.24 bits per heavy atom. The van der Waals surface area contributed by atoms with Crippen LogP contribution in [0.4, 0.5) is 4.39 Å². The SMILES string of the molecule is CC(COc1ccc(Oc2ccccc2)cc1)Oc1cccc(F)n1. The van der Waals surface area contributed by atoms with Crippen molar-refractivity contribution in [3.63, 3.8) is 0 Å². The van der Waals surface area contributed by atoms with Crippen molar-refractivity contribution in [1.82, 2.24) is 4.98 Å². The lowest BCUT2D eigenvalue weighted by molar-refractivity contribution is 0.137. The minimum atomic E-state index is -0.570. The van der Waals surface area contributed by atoms with E-state index in [-0.39, 0.29) is 12.0 Å². The van der Waals surface area contributed by atoms with Crippen LogP contribution >= 0.6 is 0 Å². The molecule has 0 saturated carbocycles. The fourth-order valence-corrected chi connectivity index (χ4v) is 2.14. The number of rotatable bonds is 7. The first kappa shape index (κ1) is 16.8. The second-order valence-corrected chi connectivity index (χ2v) is 5.42. The van der Waals surface area contributed by atoms with Crippen molar-refractivity contribution in [3.05, 3.63) is 78.7 Å². The number of aromatic nitrogens is 1. The van der Waals surface area contributed by atoms with Gasteiger partial charge in [-0.25, -0.2) is 0 Å². The molecule has 5 heteroatoms. The first-order valence-corrected chi connectivity index (χ1v) is 7.94. The number of hydrogen-bond donors (Lipinski definition) is 0. The molecule has 3 aromatic rings. The van der Waals surface area contributed by atoms with Gasteiger partial charge in [-0.1, -0.05) is 24.3 Å². The van der Waals surface area contributed by atoms with Crippen molar-refractivity contribution in [1.29, 1.82) is 0 Å². The summed E-state index contributed by atoms with van der Waals surface area (Å²) in [6.45, 7) is 2.15. The Kier molecular flexibility index (Phi) is 5.46. The van der Waals surface area contributed by atoms with Crippen molar-refractivity contribution in [3.8, 4) is 23.1 Å². The molecule has 0 radical (unpaired) electrons. The van der Waals surface area contributed by atoms with E-state index in [1.54, 1.807) is 12.1 Å². The Balaban J connectivity index is 1.49. The van der Waals surface area contributed by atoms with Gasteiger partial charge in [0.15, 0.2) is 0 Å². The molecule has 0 bridgehead atoms. The molecule has 1 heterocycles. The third-order valence-corrected chi connectivity index (χ3v) is 3.30. The van der Waals surface area contributed by atoms with Crippen LogP contribution in [0.2, 0.25) is 0 Å². The molecule has 1 aromatic heterocycles. The maximum atomic E-state index is 13.0. The van der Waals surface area contributed by atoms with Crippen molar-refractivity contribution >= 4 is 0 Å². The van der Waals surface area contributed by atoms with Crippen LogP contribution in [0.15, 0.2) is 72.8 Å². The van der Waals surface area contributed by atoms with E-state index < -0.39 is 5.95 Å². The smallest absolute Gasteiger partial charge is 0.216 e. The van der Waals surface area contributed by atoms with Crippen LogP contribution < -0.4 is 14.2 Å². The zero-order valence-electron chi connectivity index (χ0n) is 13.8. The van der Waals surface area contributed by atoms with E-state index in [1.807, 2.05) is 61.5 Å². The van der Waals surface area contributed by atoms with Gasteiger partial charge in [0, 0.05) is 6.07 Å². The molecule has 4 nitrogen and oxygen atoms in total. The second-order valence-electron chi connectivity index (χ2n) is 5.42. The Hall–Kier alpha value is -3.08. The fraction of sp³-hybridized carbons (Fsp3) is 0.150. The highest BCUT2D eigenvalue weighted by atomic mass is 19.1. The molecule has 1 atom stereocenters. The zero-order valence-corrected chi connectivity index (χ0v) is 13.8. The lowest BCUT2D eigenvalue weighted by atomic mass is 10.3. The van der Waals surface area contributed by atoms with Gasteiger partial charge < -0.3 is 14.2 Å². The molecule has 0 aliphatic carbocycles. The number of halogens is 1. The molecule has 0 N–H and O–H groups in total. The van der Waals surface area contributed by atoms with Crippen molar-refractivity contribution < 1.29 is 18.6 Å². The van der Waals surface area contributed by atoms with Crippen LogP contribution in [0.25, 0.3) is 0 Å². The number of benzene rings is 2. The topological polar surface area (TPSA) is 40.6 Å². The van der Waals surface area contributed by atoms with Gasteiger partial charge >= 0.3 is 0 Å². The predicted molar refractivity (Wildman–Crippen MR) is 92.7 cm³/mol. The predicted octanol–water partition coefficient (Wildman–Crippen LogP) is 4.86. The standard InChI is InChI=1S/C20H18FNO3/c1-15(24-20-9-5-8-19(21)22-20)14-23-16-10-12-18(13-11-16)25-17-6-3-2-4-7-17/h2-13,15H,14H2,1H3. The van der Waals surface area contributed by atoms with E-state index in [9.17, 15) is 4.39 Å².